The van der Waals surface area contributed by atoms with Crippen LogP contribution in [0.25, 0.3) is 0 Å². The van der Waals surface area contributed by atoms with Gasteiger partial charge >= 0.3 is 6.09 Å². The normalized spacial score (nSPS) is 14.1. The number of ether oxygens (including phenoxy) is 1. The van der Waals surface area contributed by atoms with Crippen LogP contribution >= 0.6 is 0 Å². The fourth-order valence-corrected chi connectivity index (χ4v) is 6.97. The van der Waals surface area contributed by atoms with Gasteiger partial charge in [0.15, 0.2) is 0 Å². The van der Waals surface area contributed by atoms with Crippen LogP contribution in [0.5, 0.6) is 5.75 Å². The van der Waals surface area contributed by atoms with Crippen LogP contribution in [0.15, 0.2) is 54.6 Å². The number of nitrogens with zero attached hydrogens (tertiary/aromatic N) is 2. The van der Waals surface area contributed by atoms with Gasteiger partial charge in [0, 0.05) is 32.0 Å². The summed E-state index contributed by atoms with van der Waals surface area (Å²) in [6, 6.07) is 15.5. The van der Waals surface area contributed by atoms with Crippen molar-refractivity contribution in [2.75, 3.05) is 32.5 Å². The summed E-state index contributed by atoms with van der Waals surface area (Å²) < 4.78 is 32.7. The minimum Gasteiger partial charge on any atom is -0.497 e. The van der Waals surface area contributed by atoms with Gasteiger partial charge in [0.1, 0.15) is 5.75 Å². The zero-order valence-electron chi connectivity index (χ0n) is 26.3. The van der Waals surface area contributed by atoms with Gasteiger partial charge < -0.3 is 25.2 Å². The van der Waals surface area contributed by atoms with Crippen LogP contribution in [0.4, 0.5) is 4.79 Å². The second-order valence-corrected chi connectivity index (χ2v) is 14.0. The number of hydrogen-bond acceptors (Lipinski definition) is 6. The van der Waals surface area contributed by atoms with Crippen LogP contribution in [0, 0.1) is 5.41 Å². The Balaban J connectivity index is 2.38. The number of sulfonamides is 1. The predicted octanol–water partition coefficient (Wildman–Crippen LogP) is 4.69. The summed E-state index contributed by atoms with van der Waals surface area (Å²) >= 11 is 0. The third-order valence-electron chi connectivity index (χ3n) is 7.31. The number of carbonyl (C=O) groups excluding carboxylic acids is 1. The Morgan fingerprint density at radius 1 is 1.00 bits per heavy atom. The van der Waals surface area contributed by atoms with Gasteiger partial charge in [-0.05, 0) is 41.5 Å². The maximum Gasteiger partial charge on any atom is 0.407 e. The van der Waals surface area contributed by atoms with E-state index in [2.05, 4.69) is 5.32 Å². The Morgan fingerprint density at radius 2 is 1.63 bits per heavy atom. The lowest BCUT2D eigenvalue weighted by Gasteiger charge is -2.41. The van der Waals surface area contributed by atoms with Crippen molar-refractivity contribution in [3.8, 4) is 5.75 Å². The van der Waals surface area contributed by atoms with Crippen molar-refractivity contribution in [2.45, 2.75) is 78.5 Å². The molecule has 0 fully saturated rings. The molecule has 43 heavy (non-hydrogen) atoms. The number of aliphatic hydroxyl groups excluding tert-OH is 1. The van der Waals surface area contributed by atoms with Crippen LogP contribution < -0.4 is 10.1 Å². The number of hydrogen-bond donors (Lipinski definition) is 3. The smallest absolute Gasteiger partial charge is 0.407 e. The van der Waals surface area contributed by atoms with E-state index in [1.165, 1.54) is 11.4 Å². The van der Waals surface area contributed by atoms with Crippen molar-refractivity contribution >= 4 is 22.0 Å². The van der Waals surface area contributed by atoms with E-state index in [9.17, 15) is 28.2 Å². The van der Waals surface area contributed by atoms with Crippen molar-refractivity contribution in [1.29, 1.82) is 0 Å². The number of aliphatic hydroxyl groups is 1. The lowest BCUT2D eigenvalue weighted by atomic mass is 9.70. The maximum absolute atomic E-state index is 13.3. The van der Waals surface area contributed by atoms with E-state index in [-0.39, 0.29) is 25.3 Å². The number of carbonyl (C=O) groups is 2. The highest BCUT2D eigenvalue weighted by atomic mass is 32.2. The van der Waals surface area contributed by atoms with Crippen molar-refractivity contribution in [3.63, 3.8) is 0 Å². The number of nitrogens with one attached hydrogen (secondary N) is 1. The molecule has 2 rings (SSSR count). The molecule has 0 heterocycles. The Labute approximate surface area is 257 Å². The summed E-state index contributed by atoms with van der Waals surface area (Å²) in [5, 5.41) is 24.6. The first-order valence-corrected chi connectivity index (χ1v) is 16.4. The van der Waals surface area contributed by atoms with Gasteiger partial charge in [0.25, 0.3) is 0 Å². The maximum atomic E-state index is 13.3. The van der Waals surface area contributed by atoms with Crippen LogP contribution in [-0.2, 0) is 21.4 Å². The van der Waals surface area contributed by atoms with Gasteiger partial charge in [-0.1, -0.05) is 77.1 Å². The molecule has 11 heteroatoms. The van der Waals surface area contributed by atoms with E-state index in [0.29, 0.717) is 37.2 Å². The molecule has 0 aliphatic heterocycles. The third-order valence-corrected chi connectivity index (χ3v) is 9.18. The lowest BCUT2D eigenvalue weighted by Crippen LogP contribution is -2.54. The second kappa shape index (κ2) is 16.6. The van der Waals surface area contributed by atoms with Crippen molar-refractivity contribution in [1.82, 2.24) is 14.5 Å². The van der Waals surface area contributed by atoms with E-state index in [4.69, 9.17) is 4.74 Å². The van der Waals surface area contributed by atoms with Crippen LogP contribution in [0.3, 0.4) is 0 Å². The fourth-order valence-electron chi connectivity index (χ4n) is 5.35. The molecule has 0 aromatic heterocycles. The Morgan fingerprint density at radius 3 is 2.16 bits per heavy atom. The molecule has 0 aliphatic rings. The largest absolute Gasteiger partial charge is 0.497 e. The first-order valence-electron chi connectivity index (χ1n) is 14.8. The topological polar surface area (TPSA) is 136 Å². The summed E-state index contributed by atoms with van der Waals surface area (Å²) in [6.07, 6.45) is -1.48. The highest BCUT2D eigenvalue weighted by molar-refractivity contribution is 7.89. The van der Waals surface area contributed by atoms with E-state index in [1.807, 2.05) is 65.0 Å². The summed E-state index contributed by atoms with van der Waals surface area (Å²) in [5.41, 5.74) is 1.07. The zero-order valence-corrected chi connectivity index (χ0v) is 27.1. The molecule has 0 aliphatic carbocycles. The predicted molar refractivity (Wildman–Crippen MR) is 169 cm³/mol. The second-order valence-electron chi connectivity index (χ2n) is 11.9. The van der Waals surface area contributed by atoms with Gasteiger partial charge in [-0.2, -0.15) is 0 Å². The average molecular weight is 620 g/mol. The molecule has 0 spiro atoms. The van der Waals surface area contributed by atoms with Crippen molar-refractivity contribution in [3.05, 3.63) is 65.7 Å². The molecular weight excluding hydrogens is 570 g/mol. The number of carboxylic acid groups (broad SMARTS) is 1. The molecule has 10 nitrogen and oxygen atoms in total. The first-order chi connectivity index (χ1) is 20.2. The quantitative estimate of drug-likeness (QED) is 0.234. The summed E-state index contributed by atoms with van der Waals surface area (Å²) in [5.74, 6) is -0.727. The van der Waals surface area contributed by atoms with E-state index < -0.39 is 45.5 Å². The molecule has 0 saturated heterocycles. The lowest BCUT2D eigenvalue weighted by molar-refractivity contribution is -0.123. The number of benzene rings is 2. The summed E-state index contributed by atoms with van der Waals surface area (Å²) in [6.45, 7) is 10.3. The van der Waals surface area contributed by atoms with E-state index in [0.717, 1.165) is 10.5 Å². The monoisotopic (exact) mass is 619 g/mol. The SMILES string of the molecule is CCCN(CCC)S(=O)(=O)CCC(=O)N[C@@H](C(c1ccccc1)C(C)(C)C)[C@H](O)CN(Cc1cccc(OC)c1)C(=O)O. The molecule has 1 unspecified atom stereocenters. The molecule has 2 aromatic rings. The molecule has 240 valence electrons. The minimum absolute atomic E-state index is 0.00127. The molecule has 2 amide bonds. The van der Waals surface area contributed by atoms with Crippen molar-refractivity contribution in [2.24, 2.45) is 5.41 Å². The molecule has 2 aromatic carbocycles. The third kappa shape index (κ3) is 11.1. The van der Waals surface area contributed by atoms with Crippen LogP contribution in [0.2, 0.25) is 0 Å². The highest BCUT2D eigenvalue weighted by Crippen LogP contribution is 2.39. The summed E-state index contributed by atoms with van der Waals surface area (Å²) in [7, 11) is -2.13. The van der Waals surface area contributed by atoms with Gasteiger partial charge in [0.05, 0.1) is 31.6 Å². The molecule has 0 radical (unpaired) electrons. The zero-order chi connectivity index (χ0) is 32.2. The number of amides is 2. The molecular formula is C32H49N3O7S. The average Bonchev–Trinajstić information content (AvgIpc) is 2.95. The van der Waals surface area contributed by atoms with E-state index in [1.54, 1.807) is 24.3 Å². The molecule has 0 saturated carbocycles. The van der Waals surface area contributed by atoms with Crippen LogP contribution in [0.1, 0.15) is 70.9 Å². The molecule has 0 bridgehead atoms. The van der Waals surface area contributed by atoms with Gasteiger partial charge in [-0.25, -0.2) is 17.5 Å². The number of rotatable bonds is 17. The van der Waals surface area contributed by atoms with E-state index >= 15 is 0 Å². The first kappa shape index (κ1) is 36.0. The Hall–Kier alpha value is -3.15. The number of methoxy groups -OCH3 is 1. The summed E-state index contributed by atoms with van der Waals surface area (Å²) in [4.78, 5) is 26.7. The van der Waals surface area contributed by atoms with Crippen molar-refractivity contribution < 1.29 is 33.0 Å². The molecule has 3 atom stereocenters. The van der Waals surface area contributed by atoms with Crippen LogP contribution in [-0.4, -0.2) is 84.5 Å². The minimum atomic E-state index is -3.66. The fraction of sp³-hybridized carbons (Fsp3) is 0.562. The van der Waals surface area contributed by atoms with Gasteiger partial charge in [-0.3, -0.25) is 4.79 Å². The van der Waals surface area contributed by atoms with Gasteiger partial charge in [0.2, 0.25) is 15.9 Å². The standard InChI is InChI=1S/C32H49N3O7S/c1-7-18-35(19-8-2)43(40,41)20-17-28(37)33-30(29(32(3,4)5)25-14-10-9-11-15-25)27(36)23-34(31(38)39)22-24-13-12-16-26(21-24)42-6/h9-16,21,27,29-30,36H,7-8,17-20,22-23H2,1-6H3,(H,33,37)(H,38,39)/t27-,29?,30-/m1/s1. The Bertz CT molecular complexity index is 1260. The van der Waals surface area contributed by atoms with Gasteiger partial charge in [-0.15, -0.1) is 0 Å². The highest BCUT2D eigenvalue weighted by Gasteiger charge is 2.39. The Kier molecular flexibility index (Phi) is 13.9. The molecule has 3 N–H and O–H groups in total.